The first-order chi connectivity index (χ1) is 7.36. The van der Waals surface area contributed by atoms with Crippen molar-refractivity contribution in [2.75, 3.05) is 0 Å². The van der Waals surface area contributed by atoms with E-state index in [0.29, 0.717) is 0 Å². The molecule has 15 heavy (non-hydrogen) atoms. The summed E-state index contributed by atoms with van der Waals surface area (Å²) in [6.07, 6.45) is 5.27. The molecule has 0 radical (unpaired) electrons. The molecule has 0 unspecified atom stereocenters. The van der Waals surface area contributed by atoms with Crippen molar-refractivity contribution in [2.45, 2.75) is 32.6 Å². The summed E-state index contributed by atoms with van der Waals surface area (Å²) in [6.45, 7) is 2.26. The Hall–Kier alpha value is 0.230. The van der Waals surface area contributed by atoms with E-state index in [0.717, 1.165) is 0 Å². The number of hydrogen-bond acceptors (Lipinski definition) is 0. The van der Waals surface area contributed by atoms with Crippen LogP contribution in [0, 0.1) is 0 Å². The molecule has 0 aliphatic carbocycles. The third-order valence-electron chi connectivity index (χ3n) is 2.14. The fourth-order valence-electron chi connectivity index (χ4n) is 1.32. The zero-order valence-corrected chi connectivity index (χ0v) is 13.0. The van der Waals surface area contributed by atoms with Crippen LogP contribution in [-0.2, 0) is 0 Å². The van der Waals surface area contributed by atoms with E-state index in [-0.39, 0.29) is 20.9 Å². The summed E-state index contributed by atoms with van der Waals surface area (Å²) in [7, 11) is 0. The van der Waals surface area contributed by atoms with Crippen LogP contribution in [0.1, 0.15) is 32.6 Å². The standard InChI is InChI=1S/C13H17BrTe/c1-2-3-5-10-13(11-14)15-12-8-6-4-7-9-12/h4,6-9,11H,2-3,5,10H2,1H3/b13-11+. The predicted molar refractivity (Wildman–Crippen MR) is 73.0 cm³/mol. The second kappa shape index (κ2) is 8.39. The minimum absolute atomic E-state index is 0.129. The predicted octanol–water partition coefficient (Wildman–Crippen LogP) is 3.83. The Bertz CT molecular complexity index is 293. The Balaban J connectivity index is 2.41. The van der Waals surface area contributed by atoms with Crippen molar-refractivity contribution in [1.29, 1.82) is 0 Å². The van der Waals surface area contributed by atoms with Crippen LogP contribution in [0.3, 0.4) is 0 Å². The molecule has 2 heteroatoms. The molecule has 0 bridgehead atoms. The van der Waals surface area contributed by atoms with Crippen LogP contribution in [0.5, 0.6) is 0 Å². The number of hydrogen-bond donors (Lipinski definition) is 0. The fraction of sp³-hybridized carbons (Fsp3) is 0.385. The SMILES string of the molecule is CCCCC/C(=C\Br)[Te]c1ccccc1. The normalized spacial score (nSPS) is 11.7. The van der Waals surface area contributed by atoms with Crippen LogP contribution in [-0.4, -0.2) is 20.9 Å². The van der Waals surface area contributed by atoms with Crippen LogP contribution in [0.2, 0.25) is 0 Å². The topological polar surface area (TPSA) is 0 Å². The number of halogens is 1. The van der Waals surface area contributed by atoms with Gasteiger partial charge in [-0.3, -0.25) is 0 Å². The van der Waals surface area contributed by atoms with Gasteiger partial charge in [-0.1, -0.05) is 0 Å². The molecule has 0 atom stereocenters. The van der Waals surface area contributed by atoms with Crippen molar-refractivity contribution in [3.8, 4) is 0 Å². The Kier molecular flexibility index (Phi) is 7.44. The van der Waals surface area contributed by atoms with Gasteiger partial charge in [-0.25, -0.2) is 0 Å². The first-order valence-corrected chi connectivity index (χ1v) is 8.63. The number of rotatable bonds is 6. The summed E-state index contributed by atoms with van der Waals surface area (Å²) in [6, 6.07) is 10.9. The van der Waals surface area contributed by atoms with Crippen LogP contribution < -0.4 is 3.61 Å². The van der Waals surface area contributed by atoms with E-state index < -0.39 is 0 Å². The maximum atomic E-state index is 3.50. The molecule has 0 saturated carbocycles. The fourth-order valence-corrected chi connectivity index (χ4v) is 4.70. The van der Waals surface area contributed by atoms with Crippen molar-refractivity contribution in [3.05, 3.63) is 38.9 Å². The van der Waals surface area contributed by atoms with E-state index in [1.807, 2.05) is 0 Å². The van der Waals surface area contributed by atoms with Gasteiger partial charge in [0.15, 0.2) is 0 Å². The molecular weight excluding hydrogens is 364 g/mol. The molecular formula is C13H17BrTe. The van der Waals surface area contributed by atoms with Gasteiger partial charge in [0.25, 0.3) is 0 Å². The average molecular weight is 381 g/mol. The third kappa shape index (κ3) is 5.76. The van der Waals surface area contributed by atoms with Crippen molar-refractivity contribution < 1.29 is 0 Å². The molecule has 0 fully saturated rings. The summed E-state index contributed by atoms with van der Waals surface area (Å²) in [5.74, 6) is 0. The van der Waals surface area contributed by atoms with Gasteiger partial charge in [0.05, 0.1) is 0 Å². The molecule has 1 aromatic carbocycles. The van der Waals surface area contributed by atoms with Crippen molar-refractivity contribution in [1.82, 2.24) is 0 Å². The maximum absolute atomic E-state index is 3.50. The van der Waals surface area contributed by atoms with Crippen LogP contribution in [0.15, 0.2) is 38.9 Å². The zero-order chi connectivity index (χ0) is 10.9. The van der Waals surface area contributed by atoms with Crippen molar-refractivity contribution >= 4 is 40.5 Å². The Morgan fingerprint density at radius 2 is 2.00 bits per heavy atom. The van der Waals surface area contributed by atoms with Crippen molar-refractivity contribution in [2.24, 2.45) is 0 Å². The molecule has 1 aromatic rings. The summed E-state index contributed by atoms with van der Waals surface area (Å²) in [5, 5.41) is 0. The van der Waals surface area contributed by atoms with E-state index in [1.54, 1.807) is 3.62 Å². The van der Waals surface area contributed by atoms with Gasteiger partial charge in [-0.05, 0) is 0 Å². The summed E-state index contributed by atoms with van der Waals surface area (Å²) in [5.41, 5.74) is 0. The van der Waals surface area contributed by atoms with Gasteiger partial charge >= 0.3 is 112 Å². The molecule has 82 valence electrons. The second-order valence-electron chi connectivity index (χ2n) is 3.45. The van der Waals surface area contributed by atoms with Gasteiger partial charge < -0.3 is 0 Å². The molecule has 0 heterocycles. The van der Waals surface area contributed by atoms with E-state index in [2.05, 4.69) is 58.2 Å². The summed E-state index contributed by atoms with van der Waals surface area (Å²) < 4.78 is 3.16. The van der Waals surface area contributed by atoms with E-state index in [1.165, 1.54) is 29.3 Å². The third-order valence-corrected chi connectivity index (χ3v) is 6.75. The van der Waals surface area contributed by atoms with Gasteiger partial charge in [0.1, 0.15) is 0 Å². The number of unbranched alkanes of at least 4 members (excludes halogenated alkanes) is 2. The van der Waals surface area contributed by atoms with E-state index in [4.69, 9.17) is 0 Å². The zero-order valence-electron chi connectivity index (χ0n) is 9.08. The first-order valence-electron chi connectivity index (χ1n) is 5.39. The molecule has 0 aromatic heterocycles. The molecule has 0 N–H and O–H groups in total. The van der Waals surface area contributed by atoms with Crippen LogP contribution in [0.25, 0.3) is 0 Å². The summed E-state index contributed by atoms with van der Waals surface area (Å²) in [4.78, 5) is 2.15. The first kappa shape index (κ1) is 13.3. The average Bonchev–Trinajstić information content (AvgIpc) is 2.29. The molecule has 0 spiro atoms. The molecule has 1 rings (SSSR count). The number of benzene rings is 1. The van der Waals surface area contributed by atoms with Crippen LogP contribution >= 0.6 is 15.9 Å². The Morgan fingerprint density at radius 1 is 1.27 bits per heavy atom. The van der Waals surface area contributed by atoms with Gasteiger partial charge in [0.2, 0.25) is 0 Å². The molecule has 0 saturated heterocycles. The monoisotopic (exact) mass is 382 g/mol. The quantitative estimate of drug-likeness (QED) is 0.520. The number of allylic oxidation sites excluding steroid dienone is 1. The van der Waals surface area contributed by atoms with Gasteiger partial charge in [0, 0.05) is 0 Å². The molecule has 0 aliphatic rings. The van der Waals surface area contributed by atoms with E-state index >= 15 is 0 Å². The molecule has 0 amide bonds. The Labute approximate surface area is 111 Å². The minimum atomic E-state index is -0.129. The molecule has 0 aliphatic heterocycles. The second-order valence-corrected chi connectivity index (χ2v) is 7.33. The van der Waals surface area contributed by atoms with Crippen LogP contribution in [0.4, 0.5) is 0 Å². The summed E-state index contributed by atoms with van der Waals surface area (Å²) >= 11 is 3.37. The van der Waals surface area contributed by atoms with Gasteiger partial charge in [-0.15, -0.1) is 0 Å². The van der Waals surface area contributed by atoms with Crippen molar-refractivity contribution in [3.63, 3.8) is 0 Å². The van der Waals surface area contributed by atoms with E-state index in [9.17, 15) is 0 Å². The van der Waals surface area contributed by atoms with Gasteiger partial charge in [-0.2, -0.15) is 0 Å². The Morgan fingerprint density at radius 3 is 2.60 bits per heavy atom. The molecule has 0 nitrogen and oxygen atoms in total.